The maximum Gasteiger partial charge on any atom is 0.254 e. The number of ether oxygens (including phenoxy) is 2. The van der Waals surface area contributed by atoms with E-state index >= 15 is 0 Å². The van der Waals surface area contributed by atoms with E-state index in [-0.39, 0.29) is 29.7 Å². The summed E-state index contributed by atoms with van der Waals surface area (Å²) in [4.78, 5) is 33.9. The molecule has 2 aliphatic rings. The van der Waals surface area contributed by atoms with Gasteiger partial charge in [0.05, 0.1) is 20.3 Å². The number of thiophene rings is 1. The van der Waals surface area contributed by atoms with Gasteiger partial charge in [0.15, 0.2) is 0 Å². The van der Waals surface area contributed by atoms with Gasteiger partial charge in [0.1, 0.15) is 17.3 Å². The molecule has 7 nitrogen and oxygen atoms in total. The maximum atomic E-state index is 14.1. The van der Waals surface area contributed by atoms with Crippen molar-refractivity contribution in [2.75, 3.05) is 46.9 Å². The highest BCUT2D eigenvalue weighted by atomic mass is 32.1. The predicted molar refractivity (Wildman–Crippen MR) is 149 cm³/mol. The molecule has 0 bridgehead atoms. The number of carbonyl (C=O) groups excluding carboxylic acids is 2. The van der Waals surface area contributed by atoms with Crippen LogP contribution in [-0.2, 0) is 11.2 Å². The van der Waals surface area contributed by atoms with Gasteiger partial charge in [-0.05, 0) is 60.2 Å². The van der Waals surface area contributed by atoms with Crippen molar-refractivity contribution in [2.45, 2.75) is 31.8 Å². The summed E-state index contributed by atoms with van der Waals surface area (Å²) in [5.41, 5.74) is 2.62. The second kappa shape index (κ2) is 11.8. The van der Waals surface area contributed by atoms with Gasteiger partial charge in [-0.1, -0.05) is 12.1 Å². The molecule has 206 valence electrons. The highest BCUT2D eigenvalue weighted by molar-refractivity contribution is 7.10. The Morgan fingerprint density at radius 1 is 1.03 bits per heavy atom. The number of nitrogens with zero attached hydrogens (tertiary/aromatic N) is 3. The summed E-state index contributed by atoms with van der Waals surface area (Å²) in [6, 6.07) is 13.9. The van der Waals surface area contributed by atoms with Crippen LogP contribution in [0, 0.1) is 5.82 Å². The summed E-state index contributed by atoms with van der Waals surface area (Å²) in [5.74, 6) is 0.835. The minimum atomic E-state index is -0.250. The summed E-state index contributed by atoms with van der Waals surface area (Å²) in [7, 11) is 3.11. The number of amides is 2. The van der Waals surface area contributed by atoms with Gasteiger partial charge in [-0.2, -0.15) is 0 Å². The number of fused-ring (bicyclic) bond motifs is 1. The number of methoxy groups -OCH3 is 2. The van der Waals surface area contributed by atoms with E-state index in [1.165, 1.54) is 16.5 Å². The standard InChI is InChI=1S/C30H34FN3O4S/c1-20-19-33(12-13-34(20)30(36)22-16-24(37-2)18-25(17-22)38-3)28(35)8-11-32-10-7-27-26(9-14-39-27)29(32)21-5-4-6-23(31)15-21/h4-6,9,14-18,20,29H,7-8,10-13,19H2,1-3H3. The van der Waals surface area contributed by atoms with Gasteiger partial charge >= 0.3 is 0 Å². The minimum absolute atomic E-state index is 0.0586. The highest BCUT2D eigenvalue weighted by Gasteiger charge is 2.33. The quantitative estimate of drug-likeness (QED) is 0.429. The highest BCUT2D eigenvalue weighted by Crippen LogP contribution is 2.38. The second-order valence-electron chi connectivity index (χ2n) is 10.1. The molecule has 3 heterocycles. The van der Waals surface area contributed by atoms with Crippen LogP contribution in [0.15, 0.2) is 53.9 Å². The lowest BCUT2D eigenvalue weighted by Gasteiger charge is -2.41. The fraction of sp³-hybridized carbons (Fsp3) is 0.400. The molecule has 2 unspecified atom stereocenters. The molecular formula is C30H34FN3O4S. The van der Waals surface area contributed by atoms with Gasteiger partial charge in [-0.15, -0.1) is 11.3 Å². The summed E-state index contributed by atoms with van der Waals surface area (Å²) in [6.45, 7) is 4.80. The largest absolute Gasteiger partial charge is 0.497 e. The molecule has 2 aromatic carbocycles. The van der Waals surface area contributed by atoms with Gasteiger partial charge in [0, 0.05) is 61.7 Å². The Labute approximate surface area is 232 Å². The second-order valence-corrected chi connectivity index (χ2v) is 11.1. The Morgan fingerprint density at radius 3 is 2.49 bits per heavy atom. The van der Waals surface area contributed by atoms with E-state index in [0.717, 1.165) is 18.5 Å². The molecule has 1 fully saturated rings. The normalized spacial score (nSPS) is 19.5. The van der Waals surface area contributed by atoms with Crippen molar-refractivity contribution >= 4 is 23.2 Å². The topological polar surface area (TPSA) is 62.3 Å². The molecule has 5 rings (SSSR count). The van der Waals surface area contributed by atoms with Gasteiger partial charge in [-0.3, -0.25) is 14.5 Å². The van der Waals surface area contributed by atoms with Crippen molar-refractivity contribution in [3.63, 3.8) is 0 Å². The molecule has 0 saturated carbocycles. The number of rotatable bonds is 7. The Balaban J connectivity index is 1.22. The number of benzene rings is 2. The Kier molecular flexibility index (Phi) is 8.18. The van der Waals surface area contributed by atoms with Crippen molar-refractivity contribution in [3.8, 4) is 11.5 Å². The van der Waals surface area contributed by atoms with Gasteiger partial charge in [0.25, 0.3) is 5.91 Å². The van der Waals surface area contributed by atoms with Gasteiger partial charge < -0.3 is 19.3 Å². The van der Waals surface area contributed by atoms with Gasteiger partial charge in [-0.25, -0.2) is 4.39 Å². The molecule has 3 aromatic rings. The minimum Gasteiger partial charge on any atom is -0.497 e. The van der Waals surface area contributed by atoms with Crippen LogP contribution in [0.5, 0.6) is 11.5 Å². The zero-order valence-electron chi connectivity index (χ0n) is 22.6. The van der Waals surface area contributed by atoms with Crippen LogP contribution in [0.2, 0.25) is 0 Å². The predicted octanol–water partition coefficient (Wildman–Crippen LogP) is 4.62. The third-order valence-electron chi connectivity index (χ3n) is 7.68. The van der Waals surface area contributed by atoms with Crippen LogP contribution < -0.4 is 9.47 Å². The van der Waals surface area contributed by atoms with E-state index in [9.17, 15) is 14.0 Å². The van der Waals surface area contributed by atoms with Crippen LogP contribution in [0.3, 0.4) is 0 Å². The van der Waals surface area contributed by atoms with E-state index < -0.39 is 0 Å². The van der Waals surface area contributed by atoms with Crippen molar-refractivity contribution in [1.29, 1.82) is 0 Å². The molecular weight excluding hydrogens is 517 g/mol. The fourth-order valence-corrected chi connectivity index (χ4v) is 6.56. The first-order chi connectivity index (χ1) is 18.9. The van der Waals surface area contributed by atoms with Crippen molar-refractivity contribution in [1.82, 2.24) is 14.7 Å². The third kappa shape index (κ3) is 5.79. The molecule has 9 heteroatoms. The first kappa shape index (κ1) is 27.1. The smallest absolute Gasteiger partial charge is 0.254 e. The monoisotopic (exact) mass is 551 g/mol. The van der Waals surface area contributed by atoms with E-state index in [1.54, 1.807) is 60.8 Å². The first-order valence-electron chi connectivity index (χ1n) is 13.3. The van der Waals surface area contributed by atoms with Crippen molar-refractivity contribution in [2.24, 2.45) is 0 Å². The van der Waals surface area contributed by atoms with E-state index in [1.807, 2.05) is 17.9 Å². The molecule has 0 spiro atoms. The molecule has 2 amide bonds. The molecule has 39 heavy (non-hydrogen) atoms. The van der Waals surface area contributed by atoms with Crippen LogP contribution in [0.1, 0.15) is 45.7 Å². The lowest BCUT2D eigenvalue weighted by Crippen LogP contribution is -2.55. The van der Waals surface area contributed by atoms with E-state index in [4.69, 9.17) is 9.47 Å². The van der Waals surface area contributed by atoms with Crippen LogP contribution >= 0.6 is 11.3 Å². The summed E-state index contributed by atoms with van der Waals surface area (Å²) < 4.78 is 24.7. The van der Waals surface area contributed by atoms with Crippen molar-refractivity contribution in [3.05, 3.63) is 81.3 Å². The van der Waals surface area contributed by atoms with Gasteiger partial charge in [0.2, 0.25) is 5.91 Å². The molecule has 0 aliphatic carbocycles. The first-order valence-corrected chi connectivity index (χ1v) is 14.1. The number of hydrogen-bond acceptors (Lipinski definition) is 6. The van der Waals surface area contributed by atoms with E-state index in [2.05, 4.69) is 16.3 Å². The molecule has 2 aliphatic heterocycles. The number of halogens is 1. The number of piperazine rings is 1. The number of carbonyl (C=O) groups is 2. The third-order valence-corrected chi connectivity index (χ3v) is 8.68. The SMILES string of the molecule is COc1cc(OC)cc(C(=O)N2CCN(C(=O)CCN3CCc4sccc4C3c3cccc(F)c3)CC2C)c1. The molecule has 1 aromatic heterocycles. The summed E-state index contributed by atoms with van der Waals surface area (Å²) in [6.07, 6.45) is 1.30. The zero-order chi connectivity index (χ0) is 27.5. The van der Waals surface area contributed by atoms with Crippen LogP contribution in [-0.4, -0.2) is 79.5 Å². The zero-order valence-corrected chi connectivity index (χ0v) is 23.4. The molecule has 2 atom stereocenters. The Hall–Kier alpha value is -3.43. The number of hydrogen-bond donors (Lipinski definition) is 0. The van der Waals surface area contributed by atoms with E-state index in [0.29, 0.717) is 49.7 Å². The molecule has 0 radical (unpaired) electrons. The Bertz CT molecular complexity index is 1320. The Morgan fingerprint density at radius 2 is 1.79 bits per heavy atom. The maximum absolute atomic E-state index is 14.1. The van der Waals surface area contributed by atoms with Crippen molar-refractivity contribution < 1.29 is 23.5 Å². The van der Waals surface area contributed by atoms with Crippen LogP contribution in [0.4, 0.5) is 4.39 Å². The lowest BCUT2D eigenvalue weighted by molar-refractivity contribution is -0.134. The fourth-order valence-electron chi connectivity index (χ4n) is 5.66. The van der Waals surface area contributed by atoms with Crippen LogP contribution in [0.25, 0.3) is 0 Å². The average molecular weight is 552 g/mol. The average Bonchev–Trinajstić information content (AvgIpc) is 3.43. The summed E-state index contributed by atoms with van der Waals surface area (Å²) in [5, 5.41) is 2.09. The molecule has 1 saturated heterocycles. The lowest BCUT2D eigenvalue weighted by atomic mass is 9.93. The molecule has 0 N–H and O–H groups in total. The summed E-state index contributed by atoms with van der Waals surface area (Å²) >= 11 is 1.74.